The van der Waals surface area contributed by atoms with Gasteiger partial charge in [0.25, 0.3) is 0 Å². The van der Waals surface area contributed by atoms with Gasteiger partial charge in [-0.25, -0.2) is 0 Å². The molecule has 1 amide bonds. The molecule has 0 radical (unpaired) electrons. The van der Waals surface area contributed by atoms with E-state index in [0.717, 1.165) is 22.6 Å². The normalized spacial score (nSPS) is 15.2. The van der Waals surface area contributed by atoms with E-state index in [2.05, 4.69) is 10.6 Å². The summed E-state index contributed by atoms with van der Waals surface area (Å²) in [5, 5.41) is 6.93. The van der Waals surface area contributed by atoms with E-state index in [1.165, 1.54) is 0 Å². The first kappa shape index (κ1) is 18.5. The van der Waals surface area contributed by atoms with Gasteiger partial charge in [-0.05, 0) is 49.2 Å². The fraction of sp³-hybridized carbons (Fsp3) is 0.350. The monoisotopic (exact) mass is 374 g/mol. The largest absolute Gasteiger partial charge is 0.486 e. The Morgan fingerprint density at radius 1 is 1.00 bits per heavy atom. The van der Waals surface area contributed by atoms with Crippen molar-refractivity contribution in [3.05, 3.63) is 58.6 Å². The van der Waals surface area contributed by atoms with E-state index in [4.69, 9.17) is 21.1 Å². The first-order valence-electron chi connectivity index (χ1n) is 8.70. The van der Waals surface area contributed by atoms with E-state index in [9.17, 15) is 4.79 Å². The molecule has 0 unspecified atom stereocenters. The molecule has 6 heteroatoms. The first-order valence-corrected chi connectivity index (χ1v) is 9.08. The Kier molecular flexibility index (Phi) is 6.01. The molecule has 2 N–H and O–H groups in total. The Bertz CT molecular complexity index is 764. The average Bonchev–Trinajstić information content (AvgIpc) is 2.66. The SMILES string of the molecule is C[C@H](NCC(=O)N[C@H](C)c1ccc2c(c1)OCCO2)c1ccc(Cl)cc1. The molecule has 2 aromatic carbocycles. The Morgan fingerprint density at radius 3 is 2.38 bits per heavy atom. The second kappa shape index (κ2) is 8.43. The molecule has 26 heavy (non-hydrogen) atoms. The lowest BCUT2D eigenvalue weighted by Crippen LogP contribution is -2.36. The van der Waals surface area contributed by atoms with Crippen LogP contribution in [0.25, 0.3) is 0 Å². The zero-order chi connectivity index (χ0) is 18.5. The molecule has 0 saturated heterocycles. The van der Waals surface area contributed by atoms with Crippen molar-refractivity contribution in [3.63, 3.8) is 0 Å². The van der Waals surface area contributed by atoms with Crippen LogP contribution in [-0.4, -0.2) is 25.7 Å². The van der Waals surface area contributed by atoms with Gasteiger partial charge in [0.1, 0.15) is 13.2 Å². The van der Waals surface area contributed by atoms with Gasteiger partial charge in [-0.15, -0.1) is 0 Å². The lowest BCUT2D eigenvalue weighted by Gasteiger charge is -2.21. The van der Waals surface area contributed by atoms with E-state index >= 15 is 0 Å². The zero-order valence-electron chi connectivity index (χ0n) is 14.9. The van der Waals surface area contributed by atoms with Gasteiger partial charge in [0.05, 0.1) is 12.6 Å². The van der Waals surface area contributed by atoms with Gasteiger partial charge in [0.2, 0.25) is 5.91 Å². The summed E-state index contributed by atoms with van der Waals surface area (Å²) in [7, 11) is 0. The minimum Gasteiger partial charge on any atom is -0.486 e. The molecular formula is C20H23ClN2O3. The average molecular weight is 375 g/mol. The van der Waals surface area contributed by atoms with Gasteiger partial charge in [0, 0.05) is 11.1 Å². The van der Waals surface area contributed by atoms with Crippen molar-refractivity contribution in [2.75, 3.05) is 19.8 Å². The van der Waals surface area contributed by atoms with E-state index in [0.29, 0.717) is 18.2 Å². The number of hydrogen-bond donors (Lipinski definition) is 2. The van der Waals surface area contributed by atoms with E-state index in [1.807, 2.05) is 56.3 Å². The zero-order valence-corrected chi connectivity index (χ0v) is 15.7. The van der Waals surface area contributed by atoms with Crippen molar-refractivity contribution in [3.8, 4) is 11.5 Å². The van der Waals surface area contributed by atoms with Crippen molar-refractivity contribution in [2.24, 2.45) is 0 Å². The molecule has 2 atom stereocenters. The minimum absolute atomic E-state index is 0.0580. The summed E-state index contributed by atoms with van der Waals surface area (Å²) in [4.78, 5) is 12.3. The highest BCUT2D eigenvalue weighted by atomic mass is 35.5. The number of fused-ring (bicyclic) bond motifs is 1. The van der Waals surface area contributed by atoms with Crippen LogP contribution in [0.1, 0.15) is 37.1 Å². The highest BCUT2D eigenvalue weighted by molar-refractivity contribution is 6.30. The molecule has 0 saturated carbocycles. The molecule has 2 aromatic rings. The van der Waals surface area contributed by atoms with Gasteiger partial charge in [-0.2, -0.15) is 0 Å². The van der Waals surface area contributed by atoms with Crippen LogP contribution < -0.4 is 20.1 Å². The number of amides is 1. The molecule has 0 spiro atoms. The third kappa shape index (κ3) is 4.68. The van der Waals surface area contributed by atoms with Crippen molar-refractivity contribution in [2.45, 2.75) is 25.9 Å². The Balaban J connectivity index is 1.52. The molecule has 0 fully saturated rings. The number of carbonyl (C=O) groups is 1. The van der Waals surface area contributed by atoms with Gasteiger partial charge >= 0.3 is 0 Å². The summed E-state index contributed by atoms with van der Waals surface area (Å²) in [6, 6.07) is 13.3. The van der Waals surface area contributed by atoms with Crippen molar-refractivity contribution < 1.29 is 14.3 Å². The maximum Gasteiger partial charge on any atom is 0.234 e. The number of rotatable bonds is 6. The molecule has 5 nitrogen and oxygen atoms in total. The van der Waals surface area contributed by atoms with Crippen molar-refractivity contribution >= 4 is 17.5 Å². The van der Waals surface area contributed by atoms with Crippen molar-refractivity contribution in [1.82, 2.24) is 10.6 Å². The summed E-state index contributed by atoms with van der Waals surface area (Å²) in [5.41, 5.74) is 2.07. The molecule has 1 aliphatic rings. The number of halogens is 1. The summed E-state index contributed by atoms with van der Waals surface area (Å²) in [6.45, 7) is 5.31. The summed E-state index contributed by atoms with van der Waals surface area (Å²) in [6.07, 6.45) is 0. The van der Waals surface area contributed by atoms with Crippen LogP contribution in [0.2, 0.25) is 5.02 Å². The second-order valence-electron chi connectivity index (χ2n) is 6.35. The number of hydrogen-bond acceptors (Lipinski definition) is 4. The lowest BCUT2D eigenvalue weighted by atomic mass is 10.1. The van der Waals surface area contributed by atoms with Crippen LogP contribution in [0.4, 0.5) is 0 Å². The van der Waals surface area contributed by atoms with Crippen molar-refractivity contribution in [1.29, 1.82) is 0 Å². The fourth-order valence-corrected chi connectivity index (χ4v) is 2.95. The van der Waals surface area contributed by atoms with Crippen LogP contribution in [0.5, 0.6) is 11.5 Å². The molecule has 1 aliphatic heterocycles. The molecular weight excluding hydrogens is 352 g/mol. The predicted molar refractivity (Wildman–Crippen MR) is 102 cm³/mol. The third-order valence-corrected chi connectivity index (χ3v) is 4.63. The predicted octanol–water partition coefficient (Wildman–Crippen LogP) is 3.64. The molecule has 0 aromatic heterocycles. The Morgan fingerprint density at radius 2 is 1.65 bits per heavy atom. The topological polar surface area (TPSA) is 59.6 Å². The smallest absolute Gasteiger partial charge is 0.234 e. The van der Waals surface area contributed by atoms with Gasteiger partial charge < -0.3 is 20.1 Å². The van der Waals surface area contributed by atoms with Gasteiger partial charge in [-0.3, -0.25) is 4.79 Å². The Labute approximate surface area is 158 Å². The maximum atomic E-state index is 12.3. The molecule has 0 aliphatic carbocycles. The maximum absolute atomic E-state index is 12.3. The number of benzene rings is 2. The fourth-order valence-electron chi connectivity index (χ4n) is 2.82. The third-order valence-electron chi connectivity index (χ3n) is 4.38. The second-order valence-corrected chi connectivity index (χ2v) is 6.78. The number of carbonyl (C=O) groups excluding carboxylic acids is 1. The first-order chi connectivity index (χ1) is 12.5. The molecule has 1 heterocycles. The molecule has 0 bridgehead atoms. The quantitative estimate of drug-likeness (QED) is 0.810. The molecule has 3 rings (SSSR count). The van der Waals surface area contributed by atoms with Gasteiger partial charge in [0.15, 0.2) is 11.5 Å². The van der Waals surface area contributed by atoms with Crippen LogP contribution in [0.3, 0.4) is 0 Å². The highest BCUT2D eigenvalue weighted by Gasteiger charge is 2.16. The summed E-state index contributed by atoms with van der Waals surface area (Å²) < 4.78 is 11.1. The van der Waals surface area contributed by atoms with Crippen LogP contribution in [-0.2, 0) is 4.79 Å². The van der Waals surface area contributed by atoms with Crippen LogP contribution in [0.15, 0.2) is 42.5 Å². The van der Waals surface area contributed by atoms with E-state index < -0.39 is 0 Å². The molecule has 138 valence electrons. The lowest BCUT2D eigenvalue weighted by molar-refractivity contribution is -0.121. The number of ether oxygens (including phenoxy) is 2. The standard InChI is InChI=1S/C20H23ClN2O3/c1-13(15-3-6-17(21)7-4-15)22-12-20(24)23-14(2)16-5-8-18-19(11-16)26-10-9-25-18/h3-8,11,13-14,22H,9-10,12H2,1-2H3,(H,23,24)/t13-,14+/m0/s1. The summed E-state index contributed by atoms with van der Waals surface area (Å²) >= 11 is 5.90. The van der Waals surface area contributed by atoms with E-state index in [1.54, 1.807) is 0 Å². The van der Waals surface area contributed by atoms with Crippen LogP contribution in [0, 0.1) is 0 Å². The van der Waals surface area contributed by atoms with Crippen LogP contribution >= 0.6 is 11.6 Å². The minimum atomic E-state index is -0.119. The highest BCUT2D eigenvalue weighted by Crippen LogP contribution is 2.32. The Hall–Kier alpha value is -2.24. The van der Waals surface area contributed by atoms with Gasteiger partial charge in [-0.1, -0.05) is 29.8 Å². The van der Waals surface area contributed by atoms with E-state index in [-0.39, 0.29) is 24.5 Å². The number of nitrogens with one attached hydrogen (secondary N) is 2. The summed E-state index contributed by atoms with van der Waals surface area (Å²) in [5.74, 6) is 1.41.